The van der Waals surface area contributed by atoms with Gasteiger partial charge in [0.1, 0.15) is 10.7 Å². The van der Waals surface area contributed by atoms with Crippen LogP contribution in [0.3, 0.4) is 0 Å². The number of nitrogens with one attached hydrogen (secondary N) is 1. The van der Waals surface area contributed by atoms with Gasteiger partial charge in [0.15, 0.2) is 11.5 Å². The number of benzene rings is 1. The number of aromatic nitrogens is 1. The van der Waals surface area contributed by atoms with Crippen molar-refractivity contribution in [3.05, 3.63) is 80.8 Å². The number of rotatable bonds is 3. The Bertz CT molecular complexity index is 1130. The maximum absolute atomic E-state index is 11.9. The first-order valence-corrected chi connectivity index (χ1v) is 9.95. The predicted octanol–water partition coefficient (Wildman–Crippen LogP) is 4.44. The Hall–Kier alpha value is -2.79. The fourth-order valence-electron chi connectivity index (χ4n) is 4.71. The van der Waals surface area contributed by atoms with Gasteiger partial charge in [-0.15, -0.1) is 0 Å². The number of H-pyrrole nitrogens is 1. The summed E-state index contributed by atoms with van der Waals surface area (Å²) in [4.78, 5) is 19.9. The Balaban J connectivity index is 1.97. The van der Waals surface area contributed by atoms with Crippen LogP contribution in [0, 0.1) is 5.92 Å². The van der Waals surface area contributed by atoms with E-state index < -0.39 is 5.54 Å². The lowest BCUT2D eigenvalue weighted by molar-refractivity contribution is 0.373. The number of halogens is 1. The van der Waals surface area contributed by atoms with Gasteiger partial charge in [-0.2, -0.15) is 0 Å². The van der Waals surface area contributed by atoms with Gasteiger partial charge in [0.2, 0.25) is 5.56 Å². The highest BCUT2D eigenvalue weighted by atomic mass is 35.5. The summed E-state index contributed by atoms with van der Waals surface area (Å²) in [6.07, 6.45) is 5.72. The van der Waals surface area contributed by atoms with Crippen LogP contribution in [0.25, 0.3) is 0 Å². The maximum Gasteiger partial charge on any atom is 0.248 e. The molecule has 29 heavy (non-hydrogen) atoms. The van der Waals surface area contributed by atoms with Gasteiger partial charge >= 0.3 is 0 Å². The van der Waals surface area contributed by atoms with Crippen molar-refractivity contribution in [3.63, 3.8) is 0 Å². The van der Waals surface area contributed by atoms with Crippen LogP contribution >= 0.6 is 11.6 Å². The zero-order valence-electron chi connectivity index (χ0n) is 16.6. The lowest BCUT2D eigenvalue weighted by Crippen LogP contribution is -2.41. The summed E-state index contributed by atoms with van der Waals surface area (Å²) >= 11 is 6.70. The molecule has 2 unspecified atom stereocenters. The minimum Gasteiger partial charge on any atom is -0.504 e. The number of nitrogens with zero attached hydrogens (tertiary/aromatic N) is 1. The van der Waals surface area contributed by atoms with E-state index in [-0.39, 0.29) is 22.4 Å². The fourth-order valence-corrected chi connectivity index (χ4v) is 5.01. The quantitative estimate of drug-likeness (QED) is 0.580. The zero-order valence-corrected chi connectivity index (χ0v) is 17.4. The Kier molecular flexibility index (Phi) is 4.87. The number of aliphatic imine (C=N–C) groups is 1. The molecule has 0 spiro atoms. The molecule has 1 aromatic heterocycles. The number of hydrogen-bond acceptors (Lipinski definition) is 4. The number of methoxy groups -OCH3 is 1. The summed E-state index contributed by atoms with van der Waals surface area (Å²) < 4.78 is 5.21. The van der Waals surface area contributed by atoms with Gasteiger partial charge in [0, 0.05) is 29.7 Å². The number of phenols is 1. The molecule has 0 radical (unpaired) electrons. The summed E-state index contributed by atoms with van der Waals surface area (Å²) in [5.74, 6) is 0.441. The molecule has 0 saturated heterocycles. The second-order valence-electron chi connectivity index (χ2n) is 7.58. The van der Waals surface area contributed by atoms with Crippen molar-refractivity contribution >= 4 is 16.8 Å². The van der Waals surface area contributed by atoms with Gasteiger partial charge in [-0.25, -0.2) is 0 Å². The van der Waals surface area contributed by atoms with Crippen LogP contribution in [-0.2, 0) is 12.0 Å². The van der Waals surface area contributed by atoms with E-state index >= 15 is 0 Å². The van der Waals surface area contributed by atoms with Crippen molar-refractivity contribution in [1.82, 2.24) is 4.98 Å². The van der Waals surface area contributed by atoms with Crippen molar-refractivity contribution in [2.75, 3.05) is 7.11 Å². The summed E-state index contributed by atoms with van der Waals surface area (Å²) in [7, 11) is 1.49. The van der Waals surface area contributed by atoms with Crippen LogP contribution in [-0.4, -0.2) is 22.4 Å². The number of hydrogen-bond donors (Lipinski definition) is 2. The predicted molar refractivity (Wildman–Crippen MR) is 115 cm³/mol. The number of phenolic OH excluding ortho intramolecular Hbond substituents is 1. The molecule has 1 heterocycles. The second kappa shape index (κ2) is 7.23. The summed E-state index contributed by atoms with van der Waals surface area (Å²) in [5, 5.41) is 10.8. The molecule has 5 nitrogen and oxygen atoms in total. The second-order valence-corrected chi connectivity index (χ2v) is 7.94. The average Bonchev–Trinajstić information content (AvgIpc) is 2.67. The van der Waals surface area contributed by atoms with Crippen molar-refractivity contribution in [1.29, 1.82) is 0 Å². The Morgan fingerprint density at radius 2 is 2.17 bits per heavy atom. The Morgan fingerprint density at radius 1 is 1.38 bits per heavy atom. The molecule has 2 N–H and O–H groups in total. The fraction of sp³-hybridized carbons (Fsp3) is 0.304. The third-order valence-electron chi connectivity index (χ3n) is 5.81. The van der Waals surface area contributed by atoms with Crippen molar-refractivity contribution < 1.29 is 9.84 Å². The first-order chi connectivity index (χ1) is 13.9. The molecular weight excluding hydrogens is 388 g/mol. The number of para-hydroxylation sites is 1. The third kappa shape index (κ3) is 3.10. The Labute approximate surface area is 174 Å². The molecule has 2 bridgehead atoms. The largest absolute Gasteiger partial charge is 0.504 e. The topological polar surface area (TPSA) is 74.7 Å². The summed E-state index contributed by atoms with van der Waals surface area (Å²) in [5.41, 5.74) is 3.79. The van der Waals surface area contributed by atoms with Crippen molar-refractivity contribution in [2.45, 2.75) is 32.2 Å². The van der Waals surface area contributed by atoms with Crippen LogP contribution in [0.1, 0.15) is 37.1 Å². The highest BCUT2D eigenvalue weighted by molar-refractivity contribution is 6.70. The maximum atomic E-state index is 11.9. The minimum atomic E-state index is -0.720. The molecule has 0 aliphatic heterocycles. The number of ether oxygens (including phenoxy) is 1. The van der Waals surface area contributed by atoms with Crippen LogP contribution in [0.15, 0.2) is 63.4 Å². The van der Waals surface area contributed by atoms with Crippen molar-refractivity contribution in [2.24, 2.45) is 10.9 Å². The van der Waals surface area contributed by atoms with Crippen LogP contribution in [0.2, 0.25) is 0 Å². The van der Waals surface area contributed by atoms with E-state index in [9.17, 15) is 9.90 Å². The smallest absolute Gasteiger partial charge is 0.248 e. The van der Waals surface area contributed by atoms with Crippen molar-refractivity contribution in [3.8, 4) is 11.5 Å². The first-order valence-electron chi connectivity index (χ1n) is 9.58. The number of pyridine rings is 1. The molecule has 6 heteroatoms. The van der Waals surface area contributed by atoms with E-state index in [1.165, 1.54) is 18.7 Å². The molecule has 2 aliphatic carbocycles. The average molecular weight is 411 g/mol. The molecule has 150 valence electrons. The van der Waals surface area contributed by atoms with Crippen LogP contribution < -0.4 is 10.3 Å². The molecule has 0 amide bonds. The third-order valence-corrected chi connectivity index (χ3v) is 6.10. The van der Waals surface area contributed by atoms with E-state index in [1.54, 1.807) is 18.2 Å². The molecule has 2 aliphatic rings. The van der Waals surface area contributed by atoms with Gasteiger partial charge in [-0.05, 0) is 44.0 Å². The Morgan fingerprint density at radius 3 is 2.90 bits per heavy atom. The molecule has 0 fully saturated rings. The monoisotopic (exact) mass is 410 g/mol. The van der Waals surface area contributed by atoms with Gasteiger partial charge in [0.05, 0.1) is 12.7 Å². The molecule has 2 aromatic rings. The lowest BCUT2D eigenvalue weighted by Gasteiger charge is -2.45. The SMILES string of the molecule is CC=C1C2C=C(C)CC1(N=C(Cl)c1cccc(OC)c1O)c1ccc(=O)[nH]c1C2. The van der Waals surface area contributed by atoms with Gasteiger partial charge < -0.3 is 14.8 Å². The molecule has 4 rings (SSSR count). The van der Waals surface area contributed by atoms with E-state index in [2.05, 4.69) is 24.1 Å². The highest BCUT2D eigenvalue weighted by Crippen LogP contribution is 2.52. The summed E-state index contributed by atoms with van der Waals surface area (Å²) in [6.45, 7) is 4.10. The number of fused-ring (bicyclic) bond motifs is 4. The standard InChI is InChI=1S/C23H23ClN2O3/c1-4-16-14-10-13(2)12-23(16,17-8-9-20(27)25-18(17)11-14)26-22(24)15-6-5-7-19(29-3)21(15)28/h4-10,14,28H,11-12H2,1-3H3,(H,25,27). The van der Waals surface area contributed by atoms with Gasteiger partial charge in [-0.3, -0.25) is 9.79 Å². The molecule has 0 saturated carbocycles. The highest BCUT2D eigenvalue weighted by Gasteiger charge is 2.47. The van der Waals surface area contributed by atoms with Gasteiger partial charge in [0.25, 0.3) is 0 Å². The van der Waals surface area contributed by atoms with Gasteiger partial charge in [-0.1, -0.05) is 35.4 Å². The zero-order chi connectivity index (χ0) is 20.8. The number of aromatic hydroxyl groups is 1. The normalized spacial score (nSPS) is 24.8. The van der Waals surface area contributed by atoms with Crippen LogP contribution in [0.5, 0.6) is 11.5 Å². The summed E-state index contributed by atoms with van der Waals surface area (Å²) in [6, 6.07) is 8.54. The van der Waals surface area contributed by atoms with E-state index in [0.29, 0.717) is 17.7 Å². The van der Waals surface area contributed by atoms with Crippen LogP contribution in [0.4, 0.5) is 0 Å². The van der Waals surface area contributed by atoms with E-state index in [1.807, 2.05) is 13.0 Å². The number of aromatic amines is 1. The molecular formula is C23H23ClN2O3. The van der Waals surface area contributed by atoms with E-state index in [4.69, 9.17) is 21.3 Å². The lowest BCUT2D eigenvalue weighted by atomic mass is 9.63. The molecule has 2 atom stereocenters. The minimum absolute atomic E-state index is 0.0423. The number of allylic oxidation sites excluding steroid dienone is 2. The van der Waals surface area contributed by atoms with E-state index in [0.717, 1.165) is 23.3 Å². The molecule has 1 aromatic carbocycles. The first kappa shape index (κ1) is 19.5.